The highest BCUT2D eigenvalue weighted by Gasteiger charge is 2.25. The van der Waals surface area contributed by atoms with E-state index in [2.05, 4.69) is 25.3 Å². The number of carbonyl (C=O) groups excluding carboxylic acids is 1. The second-order valence-corrected chi connectivity index (χ2v) is 7.36. The van der Waals surface area contributed by atoms with Crippen LogP contribution in [0, 0.1) is 11.6 Å². The second-order valence-electron chi connectivity index (χ2n) is 7.36. The molecular formula is C20H20F2N6O3. The van der Waals surface area contributed by atoms with E-state index in [-0.39, 0.29) is 36.4 Å². The van der Waals surface area contributed by atoms with Crippen LogP contribution in [0.3, 0.4) is 0 Å². The highest BCUT2D eigenvalue weighted by Crippen LogP contribution is 2.27. The van der Waals surface area contributed by atoms with E-state index in [1.165, 1.54) is 6.07 Å². The number of nitrogens with one attached hydrogen (secondary N) is 2. The first-order chi connectivity index (χ1) is 14.9. The van der Waals surface area contributed by atoms with Crippen molar-refractivity contribution in [1.29, 1.82) is 0 Å². The Bertz CT molecular complexity index is 1140. The van der Waals surface area contributed by atoms with Crippen LogP contribution in [-0.4, -0.2) is 61.0 Å². The molecular weight excluding hydrogens is 410 g/mol. The minimum atomic E-state index is -1.03. The molecule has 3 aromatic rings. The molecule has 11 heteroatoms. The number of hydrogen-bond acceptors (Lipinski definition) is 6. The molecule has 0 aliphatic carbocycles. The van der Waals surface area contributed by atoms with E-state index < -0.39 is 17.6 Å². The average Bonchev–Trinajstić information content (AvgIpc) is 3.17. The fourth-order valence-electron chi connectivity index (χ4n) is 3.65. The van der Waals surface area contributed by atoms with Crippen molar-refractivity contribution in [3.8, 4) is 11.4 Å². The Hall–Kier alpha value is -3.63. The molecule has 3 N–H and O–H groups in total. The van der Waals surface area contributed by atoms with Crippen molar-refractivity contribution in [1.82, 2.24) is 24.8 Å². The number of halogens is 2. The zero-order chi connectivity index (χ0) is 22.0. The molecule has 162 valence electrons. The van der Waals surface area contributed by atoms with Crippen molar-refractivity contribution in [3.63, 3.8) is 0 Å². The van der Waals surface area contributed by atoms with Gasteiger partial charge in [-0.3, -0.25) is 9.59 Å². The van der Waals surface area contributed by atoms with E-state index in [9.17, 15) is 18.4 Å². The van der Waals surface area contributed by atoms with Gasteiger partial charge in [-0.05, 0) is 18.9 Å². The molecule has 9 nitrogen and oxygen atoms in total. The Balaban J connectivity index is 1.52. The molecule has 1 atom stereocenters. The van der Waals surface area contributed by atoms with Crippen molar-refractivity contribution in [2.24, 2.45) is 0 Å². The summed E-state index contributed by atoms with van der Waals surface area (Å²) in [5.41, 5.74) is 0.945. The lowest BCUT2D eigenvalue weighted by molar-refractivity contribution is -0.141. The smallest absolute Gasteiger partial charge is 0.303 e. The lowest BCUT2D eigenvalue weighted by atomic mass is 10.0. The van der Waals surface area contributed by atoms with Crippen LogP contribution in [0.1, 0.15) is 25.7 Å². The van der Waals surface area contributed by atoms with Gasteiger partial charge in [-0.15, -0.1) is 0 Å². The summed E-state index contributed by atoms with van der Waals surface area (Å²) in [6, 6.07) is 1.05. The molecule has 1 aliphatic rings. The van der Waals surface area contributed by atoms with Crippen molar-refractivity contribution in [3.05, 3.63) is 36.3 Å². The van der Waals surface area contributed by atoms with Crippen molar-refractivity contribution in [2.45, 2.75) is 31.7 Å². The number of nitrogens with zero attached hydrogens (tertiary/aromatic N) is 4. The number of likely N-dealkylation sites (tertiary alicyclic amines) is 1. The number of aromatic nitrogens is 4. The third kappa shape index (κ3) is 4.60. The molecule has 4 heterocycles. The lowest BCUT2D eigenvalue weighted by Gasteiger charge is -2.33. The van der Waals surface area contributed by atoms with Crippen LogP contribution in [0.4, 0.5) is 14.6 Å². The number of aliphatic carboxylic acids is 1. The Morgan fingerprint density at radius 3 is 2.90 bits per heavy atom. The van der Waals surface area contributed by atoms with Gasteiger partial charge in [0.25, 0.3) is 0 Å². The first kappa shape index (κ1) is 20.6. The quantitative estimate of drug-likeness (QED) is 0.549. The fourth-order valence-corrected chi connectivity index (χ4v) is 3.65. The fraction of sp³-hybridized carbons (Fsp3) is 0.350. The molecule has 0 bridgehead atoms. The minimum Gasteiger partial charge on any atom is -0.481 e. The summed E-state index contributed by atoms with van der Waals surface area (Å²) in [6.45, 7) is 0.849. The summed E-state index contributed by atoms with van der Waals surface area (Å²) in [5.74, 6) is -2.25. The minimum absolute atomic E-state index is 0.0199. The van der Waals surface area contributed by atoms with Gasteiger partial charge in [0.1, 0.15) is 11.5 Å². The van der Waals surface area contributed by atoms with Gasteiger partial charge in [0, 0.05) is 42.7 Å². The molecule has 1 fully saturated rings. The highest BCUT2D eigenvalue weighted by molar-refractivity contribution is 5.91. The first-order valence-electron chi connectivity index (χ1n) is 9.82. The standard InChI is InChI=1S/C20H20F2N6O3/c21-11-6-13-14(8-24-18(13)23-7-11)19-25-9-15(22)20(27-19)26-12-2-1-5-28(10-12)16(29)3-4-17(30)31/h6-9,12H,1-5,10H2,(H,23,24)(H,30,31)(H,25,26,27)/t12-/m0/s1. The summed E-state index contributed by atoms with van der Waals surface area (Å²) in [6.07, 6.45) is 4.81. The predicted octanol–water partition coefficient (Wildman–Crippen LogP) is 2.57. The number of fused-ring (bicyclic) bond motifs is 1. The molecule has 1 amide bonds. The molecule has 0 aromatic carbocycles. The van der Waals surface area contributed by atoms with Gasteiger partial charge in [-0.2, -0.15) is 0 Å². The molecule has 0 radical (unpaired) electrons. The number of aromatic amines is 1. The average molecular weight is 430 g/mol. The van der Waals surface area contributed by atoms with Crippen molar-refractivity contribution < 1.29 is 23.5 Å². The van der Waals surface area contributed by atoms with Crippen LogP contribution in [0.2, 0.25) is 0 Å². The number of carbonyl (C=O) groups is 2. The predicted molar refractivity (Wildman–Crippen MR) is 107 cm³/mol. The second kappa shape index (κ2) is 8.62. The third-order valence-electron chi connectivity index (χ3n) is 5.15. The van der Waals surface area contributed by atoms with E-state index in [0.717, 1.165) is 12.4 Å². The van der Waals surface area contributed by atoms with Gasteiger partial charge in [0.05, 0.1) is 18.8 Å². The van der Waals surface area contributed by atoms with Crippen LogP contribution < -0.4 is 5.32 Å². The van der Waals surface area contributed by atoms with E-state index in [1.54, 1.807) is 11.1 Å². The van der Waals surface area contributed by atoms with E-state index in [4.69, 9.17) is 5.11 Å². The van der Waals surface area contributed by atoms with Crippen LogP contribution in [0.15, 0.2) is 24.7 Å². The SMILES string of the molecule is O=C(O)CCC(=O)N1CCC[C@H](Nc2nc(-c3c[nH]c4ncc(F)cc34)ncc2F)C1. The third-order valence-corrected chi connectivity index (χ3v) is 5.15. The van der Waals surface area contributed by atoms with E-state index in [0.29, 0.717) is 42.5 Å². The molecule has 0 saturated carbocycles. The molecule has 1 saturated heterocycles. The summed E-state index contributed by atoms with van der Waals surface area (Å²) >= 11 is 0. The number of hydrogen-bond donors (Lipinski definition) is 3. The van der Waals surface area contributed by atoms with E-state index >= 15 is 0 Å². The Labute approximate surface area is 175 Å². The Kier molecular flexibility index (Phi) is 5.74. The number of pyridine rings is 1. The summed E-state index contributed by atoms with van der Waals surface area (Å²) in [5, 5.41) is 12.3. The Morgan fingerprint density at radius 2 is 2.10 bits per heavy atom. The van der Waals surface area contributed by atoms with Crippen LogP contribution in [-0.2, 0) is 9.59 Å². The molecule has 0 unspecified atom stereocenters. The largest absolute Gasteiger partial charge is 0.481 e. The molecule has 4 rings (SSSR count). The number of amides is 1. The maximum Gasteiger partial charge on any atom is 0.303 e. The van der Waals surface area contributed by atoms with Gasteiger partial charge >= 0.3 is 5.97 Å². The molecule has 0 spiro atoms. The normalized spacial score (nSPS) is 16.5. The van der Waals surface area contributed by atoms with Crippen LogP contribution >= 0.6 is 0 Å². The van der Waals surface area contributed by atoms with Gasteiger partial charge in [0.15, 0.2) is 17.5 Å². The molecule has 1 aliphatic heterocycles. The summed E-state index contributed by atoms with van der Waals surface area (Å²) in [7, 11) is 0. The summed E-state index contributed by atoms with van der Waals surface area (Å²) < 4.78 is 28.0. The van der Waals surface area contributed by atoms with Gasteiger partial charge in [-0.1, -0.05) is 0 Å². The molecule has 31 heavy (non-hydrogen) atoms. The number of carboxylic acid groups (broad SMARTS) is 1. The molecule has 3 aromatic heterocycles. The van der Waals surface area contributed by atoms with Crippen LogP contribution in [0.25, 0.3) is 22.4 Å². The number of carboxylic acids is 1. The van der Waals surface area contributed by atoms with Crippen LogP contribution in [0.5, 0.6) is 0 Å². The van der Waals surface area contributed by atoms with Gasteiger partial charge in [0.2, 0.25) is 5.91 Å². The Morgan fingerprint density at radius 1 is 1.26 bits per heavy atom. The number of piperidine rings is 1. The first-order valence-corrected chi connectivity index (χ1v) is 9.82. The van der Waals surface area contributed by atoms with Crippen molar-refractivity contribution >= 4 is 28.7 Å². The number of anilines is 1. The maximum atomic E-state index is 14.4. The summed E-state index contributed by atoms with van der Waals surface area (Å²) in [4.78, 5) is 39.7. The lowest BCUT2D eigenvalue weighted by Crippen LogP contribution is -2.45. The van der Waals surface area contributed by atoms with Gasteiger partial charge < -0.3 is 20.3 Å². The zero-order valence-electron chi connectivity index (χ0n) is 16.4. The maximum absolute atomic E-state index is 14.4. The van der Waals surface area contributed by atoms with Gasteiger partial charge in [-0.25, -0.2) is 23.7 Å². The number of H-pyrrole nitrogens is 1. The zero-order valence-corrected chi connectivity index (χ0v) is 16.4. The van der Waals surface area contributed by atoms with E-state index in [1.807, 2.05) is 0 Å². The highest BCUT2D eigenvalue weighted by atomic mass is 19.1. The topological polar surface area (TPSA) is 124 Å². The van der Waals surface area contributed by atoms with Crippen molar-refractivity contribution in [2.75, 3.05) is 18.4 Å². The number of rotatable bonds is 6. The monoisotopic (exact) mass is 430 g/mol.